The number of alkyl halides is 1. The lowest BCUT2D eigenvalue weighted by Gasteiger charge is -2.12. The molecule has 0 atom stereocenters. The number of hydrogen-bond donors (Lipinski definition) is 1. The van der Waals surface area contributed by atoms with Crippen LogP contribution in [0.15, 0.2) is 40.9 Å². The van der Waals surface area contributed by atoms with Crippen LogP contribution in [0.4, 0.5) is 0 Å². The van der Waals surface area contributed by atoms with Crippen molar-refractivity contribution in [3.05, 3.63) is 57.6 Å². The van der Waals surface area contributed by atoms with E-state index < -0.39 is 0 Å². The number of halogens is 2. The Morgan fingerprint density at radius 2 is 2.04 bits per heavy atom. The monoisotopic (exact) mass is 439 g/mol. The van der Waals surface area contributed by atoms with E-state index in [1.54, 1.807) is 18.2 Å². The molecule has 6 heteroatoms. The first-order valence-electron chi connectivity index (χ1n) is 6.78. The van der Waals surface area contributed by atoms with Crippen molar-refractivity contribution in [1.29, 1.82) is 5.41 Å². The van der Waals surface area contributed by atoms with E-state index >= 15 is 0 Å². The third-order valence-electron chi connectivity index (χ3n) is 3.25. The highest BCUT2D eigenvalue weighted by atomic mass is 79.9. The van der Waals surface area contributed by atoms with Crippen molar-refractivity contribution in [1.82, 2.24) is 0 Å². The Morgan fingerprint density at radius 1 is 1.26 bits per heavy atom. The number of Topliss-reactive ketones (excluding diaryl/α,β-unsaturated/α-hetero) is 1. The van der Waals surface area contributed by atoms with Gasteiger partial charge in [-0.2, -0.15) is 0 Å². The first kappa shape index (κ1) is 17.7. The van der Waals surface area contributed by atoms with Gasteiger partial charge in [-0.15, -0.1) is 0 Å². The van der Waals surface area contributed by atoms with E-state index in [4.69, 9.17) is 14.9 Å². The van der Waals surface area contributed by atoms with Crippen molar-refractivity contribution in [3.8, 4) is 11.5 Å². The Labute approximate surface area is 151 Å². The Bertz CT molecular complexity index is 732. The SMILES string of the molecule is COc1cc(OCc2ccc(Br)cc2C=N)ccc1C(=O)CBr. The largest absolute Gasteiger partial charge is 0.496 e. The summed E-state index contributed by atoms with van der Waals surface area (Å²) in [5, 5.41) is 7.70. The number of rotatable bonds is 7. The number of ketones is 1. The Kier molecular flexibility index (Phi) is 6.36. The Hall–Kier alpha value is -1.66. The van der Waals surface area contributed by atoms with Crippen LogP contribution in [0.1, 0.15) is 21.5 Å². The summed E-state index contributed by atoms with van der Waals surface area (Å²) in [4.78, 5) is 11.8. The fourth-order valence-corrected chi connectivity index (χ4v) is 2.74. The molecule has 4 nitrogen and oxygen atoms in total. The van der Waals surface area contributed by atoms with Crippen LogP contribution >= 0.6 is 31.9 Å². The molecule has 0 fully saturated rings. The molecule has 0 spiro atoms. The normalized spacial score (nSPS) is 10.2. The maximum absolute atomic E-state index is 11.8. The predicted molar refractivity (Wildman–Crippen MR) is 97.5 cm³/mol. The molecular formula is C17H15Br2NO3. The van der Waals surface area contributed by atoms with E-state index in [1.165, 1.54) is 13.3 Å². The van der Waals surface area contributed by atoms with E-state index in [0.717, 1.165) is 15.6 Å². The molecule has 2 aromatic rings. The van der Waals surface area contributed by atoms with Gasteiger partial charge in [0, 0.05) is 16.8 Å². The molecule has 0 amide bonds. The van der Waals surface area contributed by atoms with Gasteiger partial charge in [-0.05, 0) is 35.4 Å². The number of benzene rings is 2. The maximum Gasteiger partial charge on any atom is 0.177 e. The highest BCUT2D eigenvalue weighted by Crippen LogP contribution is 2.26. The lowest BCUT2D eigenvalue weighted by molar-refractivity contribution is 0.102. The van der Waals surface area contributed by atoms with Crippen LogP contribution in [-0.4, -0.2) is 24.4 Å². The molecule has 2 aromatic carbocycles. The quantitative estimate of drug-likeness (QED) is 0.388. The Morgan fingerprint density at radius 3 is 2.70 bits per heavy atom. The summed E-state index contributed by atoms with van der Waals surface area (Å²) >= 11 is 6.54. The van der Waals surface area contributed by atoms with E-state index in [9.17, 15) is 4.79 Å². The van der Waals surface area contributed by atoms with E-state index in [1.807, 2.05) is 18.2 Å². The van der Waals surface area contributed by atoms with Gasteiger partial charge in [-0.1, -0.05) is 37.9 Å². The minimum atomic E-state index is -0.0487. The molecule has 0 bridgehead atoms. The molecule has 0 aliphatic carbocycles. The van der Waals surface area contributed by atoms with Crippen molar-refractivity contribution in [2.75, 3.05) is 12.4 Å². The molecular weight excluding hydrogens is 426 g/mol. The van der Waals surface area contributed by atoms with Crippen LogP contribution in [0.25, 0.3) is 0 Å². The van der Waals surface area contributed by atoms with Crippen LogP contribution in [0.2, 0.25) is 0 Å². The van der Waals surface area contributed by atoms with E-state index in [2.05, 4.69) is 31.9 Å². The van der Waals surface area contributed by atoms with Gasteiger partial charge in [0.05, 0.1) is 18.0 Å². The summed E-state index contributed by atoms with van der Waals surface area (Å²) in [5.41, 5.74) is 2.21. The van der Waals surface area contributed by atoms with Crippen molar-refractivity contribution in [2.45, 2.75) is 6.61 Å². The lowest BCUT2D eigenvalue weighted by Crippen LogP contribution is -2.04. The summed E-state index contributed by atoms with van der Waals surface area (Å²) in [5.74, 6) is 1.04. The summed E-state index contributed by atoms with van der Waals surface area (Å²) in [6.07, 6.45) is 1.29. The predicted octanol–water partition coefficient (Wildman–Crippen LogP) is 4.61. The second kappa shape index (κ2) is 8.26. The van der Waals surface area contributed by atoms with Crippen molar-refractivity contribution in [2.24, 2.45) is 0 Å². The van der Waals surface area contributed by atoms with Gasteiger partial charge >= 0.3 is 0 Å². The van der Waals surface area contributed by atoms with Crippen LogP contribution in [-0.2, 0) is 6.61 Å². The zero-order valence-corrected chi connectivity index (χ0v) is 15.6. The summed E-state index contributed by atoms with van der Waals surface area (Å²) in [6, 6.07) is 10.8. The van der Waals surface area contributed by atoms with Crippen LogP contribution in [0, 0.1) is 5.41 Å². The van der Waals surface area contributed by atoms with Gasteiger partial charge in [0.1, 0.15) is 18.1 Å². The highest BCUT2D eigenvalue weighted by molar-refractivity contribution is 9.10. The first-order valence-corrected chi connectivity index (χ1v) is 8.69. The first-order chi connectivity index (χ1) is 11.1. The number of carbonyl (C=O) groups excluding carboxylic acids is 1. The molecule has 0 aliphatic rings. The molecule has 23 heavy (non-hydrogen) atoms. The third kappa shape index (κ3) is 4.42. The number of ether oxygens (including phenoxy) is 2. The van der Waals surface area contributed by atoms with Gasteiger partial charge < -0.3 is 14.9 Å². The van der Waals surface area contributed by atoms with Crippen LogP contribution in [0.3, 0.4) is 0 Å². The Balaban J connectivity index is 2.18. The van der Waals surface area contributed by atoms with E-state index in [0.29, 0.717) is 23.7 Å². The number of nitrogens with one attached hydrogen (secondary N) is 1. The minimum absolute atomic E-state index is 0.0487. The second-order valence-corrected chi connectivity index (χ2v) is 6.17. The fourth-order valence-electron chi connectivity index (χ4n) is 2.06. The van der Waals surface area contributed by atoms with Crippen molar-refractivity contribution >= 4 is 43.9 Å². The molecule has 120 valence electrons. The topological polar surface area (TPSA) is 59.4 Å². The molecule has 0 saturated carbocycles. The molecule has 0 heterocycles. The van der Waals surface area contributed by atoms with Gasteiger partial charge in [0.15, 0.2) is 5.78 Å². The number of carbonyl (C=O) groups is 1. The second-order valence-electron chi connectivity index (χ2n) is 4.70. The van der Waals surface area contributed by atoms with Gasteiger partial charge in [-0.3, -0.25) is 4.79 Å². The maximum atomic E-state index is 11.8. The average Bonchev–Trinajstić information content (AvgIpc) is 2.59. The molecule has 1 N–H and O–H groups in total. The minimum Gasteiger partial charge on any atom is -0.496 e. The molecule has 0 saturated heterocycles. The van der Waals surface area contributed by atoms with Crippen molar-refractivity contribution < 1.29 is 14.3 Å². The van der Waals surface area contributed by atoms with Crippen LogP contribution < -0.4 is 9.47 Å². The summed E-state index contributed by atoms with van der Waals surface area (Å²) < 4.78 is 11.9. The van der Waals surface area contributed by atoms with Crippen LogP contribution in [0.5, 0.6) is 11.5 Å². The fraction of sp³-hybridized carbons (Fsp3) is 0.176. The van der Waals surface area contributed by atoms with Gasteiger partial charge in [0.2, 0.25) is 0 Å². The zero-order valence-electron chi connectivity index (χ0n) is 12.4. The third-order valence-corrected chi connectivity index (χ3v) is 4.26. The molecule has 0 aromatic heterocycles. The van der Waals surface area contributed by atoms with E-state index in [-0.39, 0.29) is 11.1 Å². The standard InChI is InChI=1S/C17H15Br2NO3/c1-22-17-7-14(4-5-15(17)16(21)8-18)23-10-11-2-3-13(19)6-12(11)9-20/h2-7,9,20H,8,10H2,1H3. The smallest absolute Gasteiger partial charge is 0.177 e. The molecule has 0 radical (unpaired) electrons. The molecule has 2 rings (SSSR count). The average molecular weight is 441 g/mol. The molecule has 0 aliphatic heterocycles. The highest BCUT2D eigenvalue weighted by Gasteiger charge is 2.12. The lowest BCUT2D eigenvalue weighted by atomic mass is 10.1. The summed E-state index contributed by atoms with van der Waals surface area (Å²) in [6.45, 7) is 0.326. The van der Waals surface area contributed by atoms with Gasteiger partial charge in [-0.25, -0.2) is 0 Å². The van der Waals surface area contributed by atoms with Gasteiger partial charge in [0.25, 0.3) is 0 Å². The molecule has 0 unspecified atom stereocenters. The zero-order chi connectivity index (χ0) is 16.8. The summed E-state index contributed by atoms with van der Waals surface area (Å²) in [7, 11) is 1.52. The number of methoxy groups -OCH3 is 1. The number of hydrogen-bond acceptors (Lipinski definition) is 4. The van der Waals surface area contributed by atoms with Crippen molar-refractivity contribution in [3.63, 3.8) is 0 Å².